The van der Waals surface area contributed by atoms with Gasteiger partial charge in [-0.3, -0.25) is 4.79 Å². The summed E-state index contributed by atoms with van der Waals surface area (Å²) in [6, 6.07) is 17.5. The molecule has 10 nitrogen and oxygen atoms in total. The van der Waals surface area contributed by atoms with Crippen LogP contribution in [0.5, 0.6) is 0 Å². The van der Waals surface area contributed by atoms with Gasteiger partial charge in [0, 0.05) is 52.0 Å². The molecule has 0 bridgehead atoms. The van der Waals surface area contributed by atoms with Crippen LogP contribution in [0.15, 0.2) is 48.5 Å². The summed E-state index contributed by atoms with van der Waals surface area (Å²) >= 11 is 3.35. The zero-order valence-corrected chi connectivity index (χ0v) is 45.9. The van der Waals surface area contributed by atoms with Crippen molar-refractivity contribution in [1.82, 2.24) is 9.55 Å². The van der Waals surface area contributed by atoms with Crippen LogP contribution in [-0.4, -0.2) is 46.5 Å². The molecule has 0 saturated carbocycles. The van der Waals surface area contributed by atoms with Crippen LogP contribution in [0.4, 0.5) is 0 Å². The Morgan fingerprint density at radius 3 is 1.82 bits per heavy atom. The van der Waals surface area contributed by atoms with Crippen molar-refractivity contribution in [1.29, 1.82) is 5.26 Å². The number of aryl methyl sites for hydroxylation is 2. The number of alkyl halides is 1. The minimum absolute atomic E-state index is 0. The molecule has 0 radical (unpaired) electrons. The van der Waals surface area contributed by atoms with Gasteiger partial charge < -0.3 is 30.6 Å². The molecular formula is C37H52BrCs2N3O7. The minimum Gasteiger partial charge on any atom is -1.00 e. The third-order valence-corrected chi connectivity index (χ3v) is 7.20. The Labute approximate surface area is 425 Å². The molecule has 266 valence electrons. The van der Waals surface area contributed by atoms with E-state index in [-0.39, 0.29) is 158 Å². The summed E-state index contributed by atoms with van der Waals surface area (Å²) in [6.45, 7) is 19.4. The van der Waals surface area contributed by atoms with E-state index >= 15 is 0 Å². The van der Waals surface area contributed by atoms with Gasteiger partial charge >= 0.3 is 150 Å². The molecule has 0 spiro atoms. The van der Waals surface area contributed by atoms with Crippen molar-refractivity contribution >= 4 is 56.1 Å². The van der Waals surface area contributed by atoms with E-state index in [1.165, 1.54) is 13.3 Å². The fourth-order valence-corrected chi connectivity index (χ4v) is 5.44. The molecule has 2 aromatic carbocycles. The molecule has 2 heterocycles. The summed E-state index contributed by atoms with van der Waals surface area (Å²) in [5.41, 5.74) is 5.31. The largest absolute Gasteiger partial charge is 1.00 e. The molecule has 4 rings (SSSR count). The summed E-state index contributed by atoms with van der Waals surface area (Å²) in [5.74, 6) is 1.02. The number of carbonyl (C=O) groups excluding carboxylic acids is 3. The summed E-state index contributed by atoms with van der Waals surface area (Å²) < 4.78 is 12.5. The molecule has 2 aromatic heterocycles. The number of para-hydroxylation sites is 2. The van der Waals surface area contributed by atoms with Crippen molar-refractivity contribution in [3.63, 3.8) is 0 Å². The fourth-order valence-electron chi connectivity index (χ4n) is 4.53. The average molecular weight is 997 g/mol. The van der Waals surface area contributed by atoms with Crippen molar-refractivity contribution in [3.8, 4) is 6.07 Å². The number of nitrogens with one attached hydrogen (secondary N) is 1. The molecular weight excluding hydrogens is 944 g/mol. The number of nitriles is 1. The number of hydrogen-bond acceptors (Lipinski definition) is 8. The van der Waals surface area contributed by atoms with E-state index in [9.17, 15) is 9.59 Å². The predicted molar refractivity (Wildman–Crippen MR) is 194 cm³/mol. The number of nitrogens with zero attached hydrogens (tertiary/aromatic N) is 2. The van der Waals surface area contributed by atoms with Crippen molar-refractivity contribution in [3.05, 3.63) is 71.0 Å². The Hall–Kier alpha value is -0.0361. The first-order valence-electron chi connectivity index (χ1n) is 16.0. The second kappa shape index (κ2) is 32.4. The van der Waals surface area contributed by atoms with Crippen molar-refractivity contribution < 1.29 is 173 Å². The predicted octanol–water partition coefficient (Wildman–Crippen LogP) is 2.34. The van der Waals surface area contributed by atoms with Crippen LogP contribution >= 0.6 is 15.9 Å². The third-order valence-electron chi connectivity index (χ3n) is 6.74. The van der Waals surface area contributed by atoms with E-state index in [2.05, 4.69) is 64.1 Å². The van der Waals surface area contributed by atoms with Crippen LogP contribution in [0.1, 0.15) is 94.8 Å². The van der Waals surface area contributed by atoms with Gasteiger partial charge in [-0.1, -0.05) is 80.0 Å². The molecule has 13 heteroatoms. The first-order valence-corrected chi connectivity index (χ1v) is 17.1. The van der Waals surface area contributed by atoms with Gasteiger partial charge in [0.2, 0.25) is 0 Å². The van der Waals surface area contributed by atoms with E-state index in [0.29, 0.717) is 30.3 Å². The van der Waals surface area contributed by atoms with E-state index in [1.54, 1.807) is 6.07 Å². The molecule has 50 heavy (non-hydrogen) atoms. The Morgan fingerprint density at radius 2 is 1.38 bits per heavy atom. The smallest absolute Gasteiger partial charge is 1.00 e. The Bertz CT molecular complexity index is 1590. The first-order chi connectivity index (χ1) is 22.9. The maximum Gasteiger partial charge on any atom is 1.00 e. The minimum atomic E-state index is -0.257. The molecule has 0 fully saturated rings. The molecule has 1 N–H and O–H groups in total. The standard InChI is InChI=1S/C17H23NO2.C12H13NO2.C5H11Br.C2H3N.CH2O3.2Cs.H/c1-5-20-17(19)16-13(4)18(11-10-12(2)3)15-9-7-6-8-14(15)16;1-3-15-12(14)11-8(2)13-10-7-5-4-6-9(10)11;1-5(2)3-4-6;1-2-3;2-1-4-3;;;/h6-9,12H,5,10-11H2,1-4H3;4-7,13H,3H2,1-2H3;5H,3-4H2,1-2H3;1H3;1,3H;;;/q;;;;;2*+1;-1/p-1. The van der Waals surface area contributed by atoms with E-state index in [1.807, 2.05) is 70.2 Å². The van der Waals surface area contributed by atoms with Crippen LogP contribution in [0.3, 0.4) is 0 Å². The Kier molecular flexibility index (Phi) is 35.2. The third kappa shape index (κ3) is 19.9. The van der Waals surface area contributed by atoms with Crippen molar-refractivity contribution in [2.75, 3.05) is 18.5 Å². The number of rotatable bonds is 10. The first kappa shape index (κ1) is 54.3. The summed E-state index contributed by atoms with van der Waals surface area (Å²) in [7, 11) is 0. The van der Waals surface area contributed by atoms with E-state index in [4.69, 9.17) is 24.8 Å². The van der Waals surface area contributed by atoms with Crippen molar-refractivity contribution in [2.24, 2.45) is 11.8 Å². The van der Waals surface area contributed by atoms with E-state index in [0.717, 1.165) is 57.4 Å². The topological polar surface area (TPSA) is 146 Å². The van der Waals surface area contributed by atoms with Gasteiger partial charge in [-0.05, 0) is 64.5 Å². The van der Waals surface area contributed by atoms with Gasteiger partial charge in [-0.15, -0.1) is 0 Å². The van der Waals surface area contributed by atoms with Gasteiger partial charge in [0.05, 0.1) is 30.4 Å². The van der Waals surface area contributed by atoms with Crippen molar-refractivity contribution in [2.45, 2.75) is 81.7 Å². The number of hydrogen-bond donors (Lipinski definition) is 1. The number of carbonyl (C=O) groups is 3. The van der Waals surface area contributed by atoms with Crippen LogP contribution in [0, 0.1) is 37.0 Å². The second-order valence-corrected chi connectivity index (χ2v) is 12.0. The van der Waals surface area contributed by atoms with Crippen LogP contribution in [-0.2, 0) is 25.7 Å². The number of esters is 2. The number of ether oxygens (including phenoxy) is 2. The van der Waals surface area contributed by atoms with Gasteiger partial charge in [0.15, 0.2) is 0 Å². The molecule has 0 atom stereocenters. The molecule has 4 aromatic rings. The molecule has 0 aliphatic heterocycles. The monoisotopic (exact) mass is 995 g/mol. The molecule has 0 aliphatic rings. The Morgan fingerprint density at radius 1 is 0.920 bits per heavy atom. The Balaban J connectivity index is -0.000000315. The van der Waals surface area contributed by atoms with Gasteiger partial charge in [-0.2, -0.15) is 5.26 Å². The van der Waals surface area contributed by atoms with Gasteiger partial charge in [0.1, 0.15) is 0 Å². The number of benzene rings is 2. The number of halogens is 1. The maximum absolute atomic E-state index is 12.2. The number of fused-ring (bicyclic) bond motifs is 2. The maximum atomic E-state index is 12.2. The van der Waals surface area contributed by atoms with Crippen LogP contribution in [0.25, 0.3) is 21.8 Å². The quantitative estimate of drug-likeness (QED) is 0.0839. The molecule has 0 amide bonds. The second-order valence-electron chi connectivity index (χ2n) is 11.2. The zero-order chi connectivity index (χ0) is 36.6. The number of H-pyrrole nitrogens is 1. The van der Waals surface area contributed by atoms with Crippen LogP contribution < -0.4 is 143 Å². The van der Waals surface area contributed by atoms with E-state index < -0.39 is 0 Å². The van der Waals surface area contributed by atoms with Gasteiger partial charge in [0.25, 0.3) is 6.47 Å². The summed E-state index contributed by atoms with van der Waals surface area (Å²) in [5, 5.41) is 18.8. The molecule has 0 unspecified atom stereocenters. The molecule has 0 saturated heterocycles. The van der Waals surface area contributed by atoms with Crippen LogP contribution in [0.2, 0.25) is 0 Å². The zero-order valence-electron chi connectivity index (χ0n) is 32.7. The van der Waals surface area contributed by atoms with Gasteiger partial charge in [-0.25, -0.2) is 9.59 Å². The summed E-state index contributed by atoms with van der Waals surface area (Å²) in [6.07, 6.45) is 2.39. The fraction of sp³-hybridized carbons (Fsp3) is 0.459. The average Bonchev–Trinajstić information content (AvgIpc) is 3.53. The SMILES string of the molecule is CC#N.CC(C)CCBr.CCOC(=O)c1c(C)[nH]c2ccccc12.CCOC(=O)c1c(C)n(CCC(C)C)c2ccccc12.O=CO[O-].[Cs+].[Cs+].[H-]. The molecule has 0 aliphatic carbocycles. The number of aromatic nitrogens is 2. The summed E-state index contributed by atoms with van der Waals surface area (Å²) in [4.78, 5) is 38.3. The normalized spacial score (nSPS) is 9.44. The number of aromatic amines is 1.